The molecule has 6 rings (SSSR count). The fourth-order valence-electron chi connectivity index (χ4n) is 9.16. The van der Waals surface area contributed by atoms with Crippen molar-refractivity contribution in [3.05, 3.63) is 121 Å². The number of hydrogen-bond acceptors (Lipinski definition) is 10. The van der Waals surface area contributed by atoms with Crippen molar-refractivity contribution < 1.29 is 42.9 Å². The van der Waals surface area contributed by atoms with Gasteiger partial charge >= 0.3 is 12.1 Å². The summed E-state index contributed by atoms with van der Waals surface area (Å²) < 4.78 is 24.2. The van der Waals surface area contributed by atoms with Gasteiger partial charge in [-0.05, 0) is 124 Å². The minimum absolute atomic E-state index is 0.0483. The number of aliphatic imine (C=N–C) groups is 1. The Labute approximate surface area is 444 Å². The van der Waals surface area contributed by atoms with Crippen molar-refractivity contribution in [2.24, 2.45) is 28.5 Å². The maximum atomic E-state index is 14.6. The molecule has 0 bridgehead atoms. The number of carbonyl (C=O) groups excluding carboxylic acids is 5. The Bertz CT molecular complexity index is 2750. The first-order valence-electron chi connectivity index (χ1n) is 26.4. The van der Waals surface area contributed by atoms with Crippen LogP contribution in [0.15, 0.2) is 121 Å². The van der Waals surface area contributed by atoms with Crippen LogP contribution in [-0.2, 0) is 35.3 Å². The zero-order valence-electron chi connectivity index (χ0n) is 44.6. The highest BCUT2D eigenvalue weighted by Crippen LogP contribution is 2.46. The first-order valence-corrected chi connectivity index (χ1v) is 28.9. The Kier molecular flexibility index (Phi) is 22.2. The van der Waals surface area contributed by atoms with Gasteiger partial charge in [-0.25, -0.2) is 4.79 Å². The van der Waals surface area contributed by atoms with Gasteiger partial charge in [-0.15, -0.1) is 14.5 Å². The summed E-state index contributed by atoms with van der Waals surface area (Å²) >= 11 is 0. The molecule has 0 spiro atoms. The molecule has 5 aromatic rings. The van der Waals surface area contributed by atoms with Crippen molar-refractivity contribution in [3.8, 4) is 22.6 Å². The third kappa shape index (κ3) is 18.3. The van der Waals surface area contributed by atoms with Crippen molar-refractivity contribution in [1.82, 2.24) is 10.6 Å². The lowest BCUT2D eigenvalue weighted by molar-refractivity contribution is -0.151. The fourth-order valence-corrected chi connectivity index (χ4v) is 9.90. The quantitative estimate of drug-likeness (QED) is 0.00998. The highest BCUT2D eigenvalue weighted by atomic mass is 31.1. The maximum Gasteiger partial charge on any atom is 0.407 e. The monoisotopic (exact) mass is 1040 g/mol. The molecule has 1 saturated carbocycles. The number of benzene rings is 5. The number of nitrogens with zero attached hydrogens (tertiary/aromatic N) is 1. The van der Waals surface area contributed by atoms with E-state index >= 15 is 0 Å². The summed E-state index contributed by atoms with van der Waals surface area (Å²) in [5.74, 6) is -1.09. The van der Waals surface area contributed by atoms with Crippen LogP contribution in [-0.4, -0.2) is 92.8 Å². The van der Waals surface area contributed by atoms with E-state index in [1.165, 1.54) is 6.42 Å². The lowest BCUT2D eigenvalue weighted by atomic mass is 9.86. The Morgan fingerprint density at radius 2 is 1.43 bits per heavy atom. The Morgan fingerprint density at radius 3 is 2.04 bits per heavy atom. The van der Waals surface area contributed by atoms with Gasteiger partial charge in [-0.3, -0.25) is 24.2 Å². The maximum absolute atomic E-state index is 14.6. The molecule has 0 saturated heterocycles. The van der Waals surface area contributed by atoms with Gasteiger partial charge in [-0.1, -0.05) is 110 Å². The molecule has 2 amide bonds. The van der Waals surface area contributed by atoms with Crippen LogP contribution in [0, 0.1) is 17.8 Å². The summed E-state index contributed by atoms with van der Waals surface area (Å²) in [5.41, 5.74) is 8.04. The van der Waals surface area contributed by atoms with Crippen LogP contribution in [0.5, 0.6) is 11.5 Å². The number of ketones is 2. The lowest BCUT2D eigenvalue weighted by Crippen LogP contribution is -2.45. The van der Waals surface area contributed by atoms with E-state index < -0.39 is 41.4 Å². The molecule has 1 aliphatic carbocycles. The van der Waals surface area contributed by atoms with E-state index in [2.05, 4.69) is 53.7 Å². The molecule has 4 N–H and O–H groups in total. The van der Waals surface area contributed by atoms with Gasteiger partial charge in [0.1, 0.15) is 30.3 Å². The van der Waals surface area contributed by atoms with Crippen LogP contribution in [0.3, 0.4) is 0 Å². The molecule has 0 radical (unpaired) electrons. The average Bonchev–Trinajstić information content (AvgIpc) is 3.36. The van der Waals surface area contributed by atoms with E-state index in [0.717, 1.165) is 56.8 Å². The normalized spacial score (nSPS) is 14.1. The van der Waals surface area contributed by atoms with Crippen LogP contribution in [0.4, 0.5) is 4.79 Å². The standard InChI is InChI=1S/C61H77N4O9P/c1-7-19-47(59(69)73-39-42-20-9-8-10-21-42)37-52(67)51(29-18-35-63-55(62)41-75(5)6)65-58(68)46(26-15-16-34-64-60(70)74-61(2,3)4)36-48(66)40-72-54-33-31-45-25-12-14-28-50(45)57(54)56-49-27-13-11-24-44(49)30-32-53(56)71-38-43-22-17-23-43/h7-14,20-21,24-25,27-28,30-33,43,46-47,51H,1,15-19,22-23,26,29,34-41H2,2-6H3,(H2,62,63)(H,64,70)(H,65,68)/t46-,47+,51+/m0/s1. The van der Waals surface area contributed by atoms with E-state index in [4.69, 9.17) is 24.7 Å². The number of alkyl carbamates (subject to hydrolysis) is 1. The van der Waals surface area contributed by atoms with Crippen molar-refractivity contribution >= 4 is 64.8 Å². The third-order valence-electron chi connectivity index (χ3n) is 13.2. The molecule has 0 aromatic heterocycles. The molecule has 5 aromatic carbocycles. The molecule has 1 aliphatic rings. The topological polar surface area (TPSA) is 185 Å². The van der Waals surface area contributed by atoms with Gasteiger partial charge in [0.05, 0.1) is 24.4 Å². The number of nitrogens with one attached hydrogen (secondary N) is 2. The Morgan fingerprint density at radius 1 is 0.787 bits per heavy atom. The van der Waals surface area contributed by atoms with Crippen molar-refractivity contribution in [2.45, 2.75) is 110 Å². The number of amidine groups is 1. The number of ether oxygens (including phenoxy) is 4. The first-order chi connectivity index (χ1) is 36.1. The zero-order chi connectivity index (χ0) is 53.7. The van der Waals surface area contributed by atoms with Gasteiger partial charge in [0, 0.05) is 49.1 Å². The summed E-state index contributed by atoms with van der Waals surface area (Å²) in [6.45, 7) is 14.4. The highest BCUT2D eigenvalue weighted by molar-refractivity contribution is 7.57. The van der Waals surface area contributed by atoms with Crippen LogP contribution < -0.4 is 25.8 Å². The second-order valence-corrected chi connectivity index (χ2v) is 23.4. The van der Waals surface area contributed by atoms with Crippen molar-refractivity contribution in [2.75, 3.05) is 45.8 Å². The molecule has 0 unspecified atom stereocenters. The van der Waals surface area contributed by atoms with Gasteiger partial charge in [0.2, 0.25) is 5.91 Å². The predicted octanol–water partition coefficient (Wildman–Crippen LogP) is 11.7. The van der Waals surface area contributed by atoms with E-state index in [0.29, 0.717) is 62.6 Å². The minimum atomic E-state index is -0.998. The fraction of sp³-hybridized carbons (Fsp3) is 0.443. The Balaban J connectivity index is 1.24. The summed E-state index contributed by atoms with van der Waals surface area (Å²) in [7, 11) is -0.299. The molecular weight excluding hydrogens is 964 g/mol. The molecule has 13 nitrogen and oxygen atoms in total. The van der Waals surface area contributed by atoms with Gasteiger partial charge in [0.25, 0.3) is 0 Å². The number of Topliss-reactive ketones (excluding diaryl/α,β-unsaturated/α-hetero) is 2. The van der Waals surface area contributed by atoms with Crippen LogP contribution in [0.25, 0.3) is 32.7 Å². The summed E-state index contributed by atoms with van der Waals surface area (Å²) in [4.78, 5) is 73.8. The SMILES string of the molecule is C=CC[C@H](CC(=O)[C@@H](CCCN=C(N)CP(C)C)NC(=O)[C@@H](CCCCNC(=O)OC(C)(C)C)CC(=O)COc1ccc2ccccc2c1-c1c(OCC2CCC2)ccc2ccccc12)C(=O)OCc1ccccc1. The lowest BCUT2D eigenvalue weighted by Gasteiger charge is -2.26. The summed E-state index contributed by atoms with van der Waals surface area (Å²) in [6, 6.07) is 32.5. The second kappa shape index (κ2) is 28.9. The number of esters is 1. The number of rotatable bonds is 30. The molecule has 0 aliphatic heterocycles. The molecule has 3 atom stereocenters. The third-order valence-corrected chi connectivity index (χ3v) is 14.2. The largest absolute Gasteiger partial charge is 0.493 e. The predicted molar refractivity (Wildman–Crippen MR) is 302 cm³/mol. The van der Waals surface area contributed by atoms with Gasteiger partial charge in [-0.2, -0.15) is 0 Å². The van der Waals surface area contributed by atoms with Gasteiger partial charge < -0.3 is 35.3 Å². The molecule has 0 heterocycles. The smallest absolute Gasteiger partial charge is 0.407 e. The zero-order valence-corrected chi connectivity index (χ0v) is 45.5. The molecule has 14 heteroatoms. The number of hydrogen-bond donors (Lipinski definition) is 3. The van der Waals surface area contributed by atoms with Gasteiger partial charge in [0.15, 0.2) is 11.6 Å². The number of amides is 2. The molecular formula is C61H77N4O9P. The molecule has 400 valence electrons. The van der Waals surface area contributed by atoms with E-state index in [1.54, 1.807) is 26.8 Å². The molecule has 75 heavy (non-hydrogen) atoms. The number of unbranched alkanes of at least 4 members (excludes halogenated alkanes) is 1. The minimum Gasteiger partial charge on any atom is -0.493 e. The van der Waals surface area contributed by atoms with Crippen LogP contribution in [0.2, 0.25) is 0 Å². The van der Waals surface area contributed by atoms with E-state index in [9.17, 15) is 24.0 Å². The number of nitrogens with two attached hydrogens (primary N) is 1. The average molecular weight is 1040 g/mol. The number of fused-ring (bicyclic) bond motifs is 2. The first kappa shape index (κ1) is 57.7. The highest BCUT2D eigenvalue weighted by Gasteiger charge is 2.31. The van der Waals surface area contributed by atoms with Crippen LogP contribution >= 0.6 is 7.92 Å². The van der Waals surface area contributed by atoms with E-state index in [1.807, 2.05) is 84.9 Å². The summed E-state index contributed by atoms with van der Waals surface area (Å²) in [6.07, 6.45) is 6.92. The van der Waals surface area contributed by atoms with Crippen molar-refractivity contribution in [1.29, 1.82) is 0 Å². The summed E-state index contributed by atoms with van der Waals surface area (Å²) in [5, 5.41) is 9.74. The second-order valence-electron chi connectivity index (χ2n) is 20.9. The van der Waals surface area contributed by atoms with Crippen molar-refractivity contribution in [3.63, 3.8) is 0 Å². The van der Waals surface area contributed by atoms with Crippen LogP contribution in [0.1, 0.15) is 97.0 Å². The molecule has 1 fully saturated rings. The number of carbonyl (C=O) groups is 5. The number of allylic oxidation sites excluding steroid dienone is 1. The van der Waals surface area contributed by atoms with E-state index in [-0.39, 0.29) is 64.8 Å². The Hall–Kier alpha value is -6.59.